The van der Waals surface area contributed by atoms with Crippen molar-refractivity contribution in [2.45, 2.75) is 30.6 Å². The summed E-state index contributed by atoms with van der Waals surface area (Å²) >= 11 is 1.48. The third-order valence-corrected chi connectivity index (χ3v) is 3.29. The molecule has 0 aromatic carbocycles. The van der Waals surface area contributed by atoms with Crippen molar-refractivity contribution in [1.29, 1.82) is 0 Å². The van der Waals surface area contributed by atoms with E-state index in [-0.39, 0.29) is 6.10 Å². The molecule has 2 unspecified atom stereocenters. The van der Waals surface area contributed by atoms with Crippen LogP contribution in [-0.2, 0) is 4.74 Å². The van der Waals surface area contributed by atoms with E-state index < -0.39 is 0 Å². The average Bonchev–Trinajstić information content (AvgIpc) is 2.74. The number of nitrogens with zero attached hydrogens (tertiary/aromatic N) is 2. The van der Waals surface area contributed by atoms with Crippen LogP contribution >= 0.6 is 11.8 Å². The van der Waals surface area contributed by atoms with Gasteiger partial charge in [0.05, 0.1) is 12.1 Å². The van der Waals surface area contributed by atoms with Crippen LogP contribution in [0, 0.1) is 0 Å². The average molecular weight is 255 g/mol. The molecule has 7 heteroatoms. The molecule has 1 fully saturated rings. The highest BCUT2D eigenvalue weighted by molar-refractivity contribution is 7.98. The number of thioether (sulfide) groups is 1. The van der Waals surface area contributed by atoms with E-state index in [0.29, 0.717) is 17.0 Å². The van der Waals surface area contributed by atoms with Crippen molar-refractivity contribution in [3.05, 3.63) is 6.07 Å². The Morgan fingerprint density at radius 3 is 2.82 bits per heavy atom. The number of rotatable bonds is 4. The summed E-state index contributed by atoms with van der Waals surface area (Å²) in [6, 6.07) is 2.09. The van der Waals surface area contributed by atoms with Gasteiger partial charge in [0.2, 0.25) is 0 Å². The van der Waals surface area contributed by atoms with Crippen molar-refractivity contribution in [2.24, 2.45) is 5.84 Å². The maximum atomic E-state index is 5.50. The van der Waals surface area contributed by atoms with E-state index in [1.54, 1.807) is 6.07 Å². The molecule has 17 heavy (non-hydrogen) atoms. The van der Waals surface area contributed by atoms with Crippen LogP contribution in [-0.4, -0.2) is 35.0 Å². The number of nitrogen functional groups attached to an aromatic ring is 1. The van der Waals surface area contributed by atoms with E-state index in [2.05, 4.69) is 27.6 Å². The van der Waals surface area contributed by atoms with Crippen LogP contribution in [0.15, 0.2) is 11.2 Å². The van der Waals surface area contributed by atoms with Crippen LogP contribution in [0.3, 0.4) is 0 Å². The highest BCUT2D eigenvalue weighted by Crippen LogP contribution is 2.21. The lowest BCUT2D eigenvalue weighted by Crippen LogP contribution is -2.27. The predicted octanol–water partition coefficient (Wildman–Crippen LogP) is 1.07. The van der Waals surface area contributed by atoms with Gasteiger partial charge in [0.15, 0.2) is 5.16 Å². The molecule has 2 heterocycles. The number of hydrogen-bond acceptors (Lipinski definition) is 7. The molecule has 0 radical (unpaired) electrons. The van der Waals surface area contributed by atoms with E-state index in [0.717, 1.165) is 18.8 Å². The quantitative estimate of drug-likeness (QED) is 0.321. The van der Waals surface area contributed by atoms with Gasteiger partial charge < -0.3 is 15.5 Å². The Bertz CT molecular complexity index is 367. The second-order valence-corrected chi connectivity index (χ2v) is 4.66. The summed E-state index contributed by atoms with van der Waals surface area (Å²) in [6.07, 6.45) is 3.13. The first-order valence-corrected chi connectivity index (χ1v) is 6.73. The Morgan fingerprint density at radius 1 is 1.47 bits per heavy atom. The van der Waals surface area contributed by atoms with Gasteiger partial charge in [-0.1, -0.05) is 11.8 Å². The summed E-state index contributed by atoms with van der Waals surface area (Å²) in [6.45, 7) is 2.85. The molecular weight excluding hydrogens is 238 g/mol. The van der Waals surface area contributed by atoms with Crippen LogP contribution < -0.4 is 16.6 Å². The van der Waals surface area contributed by atoms with E-state index >= 15 is 0 Å². The first kappa shape index (κ1) is 12.4. The molecule has 0 saturated carbocycles. The third-order valence-electron chi connectivity index (χ3n) is 2.75. The Balaban J connectivity index is 2.14. The number of anilines is 2. The molecule has 0 amide bonds. The summed E-state index contributed by atoms with van der Waals surface area (Å²) in [5.74, 6) is 6.76. The molecule has 1 aromatic rings. The molecule has 1 aromatic heterocycles. The summed E-state index contributed by atoms with van der Waals surface area (Å²) in [7, 11) is 0. The molecule has 2 rings (SSSR count). The Labute approximate surface area is 105 Å². The van der Waals surface area contributed by atoms with Gasteiger partial charge >= 0.3 is 0 Å². The standard InChI is InChI=1S/C10H17N5OS/c1-6-7(3-4-16-6)12-8-5-9(15-11)14-10(13-8)17-2/h5-7H,3-4,11H2,1-2H3,(H2,12,13,14,15). The molecular formula is C10H17N5OS. The molecule has 0 bridgehead atoms. The summed E-state index contributed by atoms with van der Waals surface area (Å²) < 4.78 is 5.50. The SMILES string of the molecule is CSc1nc(NN)cc(NC2CCOC2C)n1. The summed E-state index contributed by atoms with van der Waals surface area (Å²) in [5, 5.41) is 4.04. The van der Waals surface area contributed by atoms with Crippen molar-refractivity contribution < 1.29 is 4.74 Å². The molecule has 1 aliphatic rings. The van der Waals surface area contributed by atoms with Crippen LogP contribution in [0.25, 0.3) is 0 Å². The number of hydrazine groups is 1. The summed E-state index contributed by atoms with van der Waals surface area (Å²) in [5.41, 5.74) is 2.54. The topological polar surface area (TPSA) is 85.1 Å². The molecule has 6 nitrogen and oxygen atoms in total. The second-order valence-electron chi connectivity index (χ2n) is 3.88. The van der Waals surface area contributed by atoms with E-state index in [1.165, 1.54) is 11.8 Å². The van der Waals surface area contributed by atoms with Crippen LogP contribution in [0.1, 0.15) is 13.3 Å². The van der Waals surface area contributed by atoms with E-state index in [9.17, 15) is 0 Å². The maximum absolute atomic E-state index is 5.50. The minimum absolute atomic E-state index is 0.206. The van der Waals surface area contributed by atoms with Crippen molar-refractivity contribution in [1.82, 2.24) is 9.97 Å². The number of ether oxygens (including phenoxy) is 1. The summed E-state index contributed by atoms with van der Waals surface area (Å²) in [4.78, 5) is 8.60. The Morgan fingerprint density at radius 2 is 2.24 bits per heavy atom. The number of nitrogens with one attached hydrogen (secondary N) is 2. The molecule has 0 spiro atoms. The highest BCUT2D eigenvalue weighted by atomic mass is 32.2. The van der Waals surface area contributed by atoms with Crippen LogP contribution in [0.5, 0.6) is 0 Å². The van der Waals surface area contributed by atoms with Crippen LogP contribution in [0.2, 0.25) is 0 Å². The fourth-order valence-corrected chi connectivity index (χ4v) is 2.15. The smallest absolute Gasteiger partial charge is 0.191 e. The molecule has 1 saturated heterocycles. The van der Waals surface area contributed by atoms with Gasteiger partial charge in [0.25, 0.3) is 0 Å². The van der Waals surface area contributed by atoms with Crippen LogP contribution in [0.4, 0.5) is 11.6 Å². The zero-order chi connectivity index (χ0) is 12.3. The molecule has 0 aliphatic carbocycles. The lowest BCUT2D eigenvalue weighted by Gasteiger charge is -2.17. The second kappa shape index (κ2) is 5.52. The number of hydrogen-bond donors (Lipinski definition) is 3. The van der Waals surface area contributed by atoms with Crippen molar-refractivity contribution in [2.75, 3.05) is 23.6 Å². The van der Waals surface area contributed by atoms with Crippen molar-refractivity contribution in [3.63, 3.8) is 0 Å². The highest BCUT2D eigenvalue weighted by Gasteiger charge is 2.24. The Kier molecular flexibility index (Phi) is 4.03. The normalized spacial score (nSPS) is 23.7. The van der Waals surface area contributed by atoms with E-state index in [1.807, 2.05) is 6.26 Å². The third kappa shape index (κ3) is 2.99. The first-order valence-electron chi connectivity index (χ1n) is 5.50. The lowest BCUT2D eigenvalue weighted by molar-refractivity contribution is 0.121. The Hall–Kier alpha value is -1.05. The van der Waals surface area contributed by atoms with Crippen molar-refractivity contribution >= 4 is 23.4 Å². The largest absolute Gasteiger partial charge is 0.376 e. The maximum Gasteiger partial charge on any atom is 0.191 e. The predicted molar refractivity (Wildman–Crippen MR) is 69.1 cm³/mol. The zero-order valence-corrected chi connectivity index (χ0v) is 10.8. The van der Waals surface area contributed by atoms with Gasteiger partial charge in [-0.25, -0.2) is 15.8 Å². The minimum Gasteiger partial charge on any atom is -0.376 e. The lowest BCUT2D eigenvalue weighted by atomic mass is 10.1. The van der Waals surface area contributed by atoms with Gasteiger partial charge in [-0.05, 0) is 19.6 Å². The fraction of sp³-hybridized carbons (Fsp3) is 0.600. The molecule has 4 N–H and O–H groups in total. The van der Waals surface area contributed by atoms with E-state index in [4.69, 9.17) is 10.6 Å². The van der Waals surface area contributed by atoms with Crippen molar-refractivity contribution in [3.8, 4) is 0 Å². The zero-order valence-electron chi connectivity index (χ0n) is 9.93. The fourth-order valence-electron chi connectivity index (χ4n) is 1.78. The van der Waals surface area contributed by atoms with Gasteiger partial charge in [0.1, 0.15) is 11.6 Å². The van der Waals surface area contributed by atoms with Gasteiger partial charge in [-0.3, -0.25) is 0 Å². The molecule has 2 atom stereocenters. The van der Waals surface area contributed by atoms with Gasteiger partial charge in [-0.2, -0.15) is 0 Å². The van der Waals surface area contributed by atoms with Gasteiger partial charge in [-0.15, -0.1) is 0 Å². The molecule has 94 valence electrons. The van der Waals surface area contributed by atoms with Gasteiger partial charge in [0, 0.05) is 12.7 Å². The monoisotopic (exact) mass is 255 g/mol. The molecule has 1 aliphatic heterocycles. The number of aromatic nitrogens is 2. The first-order chi connectivity index (χ1) is 8.22. The minimum atomic E-state index is 0.206. The number of nitrogens with two attached hydrogens (primary N) is 1.